The van der Waals surface area contributed by atoms with Crippen molar-refractivity contribution >= 4 is 6.03 Å². The monoisotopic (exact) mass is 297 g/mol. The van der Waals surface area contributed by atoms with Gasteiger partial charge >= 0.3 is 6.03 Å². The van der Waals surface area contributed by atoms with E-state index in [1.165, 1.54) is 5.69 Å². The second-order valence-electron chi connectivity index (χ2n) is 6.81. The first-order chi connectivity index (χ1) is 10.5. The Morgan fingerprint density at radius 2 is 1.82 bits per heavy atom. The molecule has 0 aliphatic carbocycles. The van der Waals surface area contributed by atoms with Gasteiger partial charge in [0, 0.05) is 30.5 Å². The topological polar surface area (TPSA) is 37.3 Å². The number of nitrogens with one attached hydrogen (secondary N) is 1. The molecule has 0 bridgehead atoms. The number of nitrogens with zero attached hydrogens (tertiary/aromatic N) is 2. The first kappa shape index (κ1) is 14.7. The highest BCUT2D eigenvalue weighted by Crippen LogP contribution is 2.32. The van der Waals surface area contributed by atoms with Gasteiger partial charge in [0.1, 0.15) is 0 Å². The Kier molecular flexibility index (Phi) is 3.69. The molecule has 0 fully saturated rings. The number of hydrogen-bond donors (Lipinski definition) is 1. The van der Waals surface area contributed by atoms with Gasteiger partial charge in [-0.25, -0.2) is 4.79 Å². The van der Waals surface area contributed by atoms with Gasteiger partial charge in [-0.1, -0.05) is 30.3 Å². The van der Waals surface area contributed by atoms with Crippen LogP contribution >= 0.6 is 0 Å². The minimum absolute atomic E-state index is 0.00574. The average molecular weight is 297 g/mol. The van der Waals surface area contributed by atoms with Crippen LogP contribution in [-0.4, -0.2) is 27.6 Å². The van der Waals surface area contributed by atoms with E-state index in [1.54, 1.807) is 0 Å². The van der Waals surface area contributed by atoms with Crippen molar-refractivity contribution in [3.05, 3.63) is 59.9 Å². The highest BCUT2D eigenvalue weighted by molar-refractivity contribution is 5.76. The Balaban J connectivity index is 1.97. The number of benzene rings is 1. The molecule has 1 aromatic heterocycles. The van der Waals surface area contributed by atoms with Crippen LogP contribution in [0.25, 0.3) is 0 Å². The number of amides is 2. The van der Waals surface area contributed by atoms with Crippen molar-refractivity contribution in [2.75, 3.05) is 6.54 Å². The summed E-state index contributed by atoms with van der Waals surface area (Å²) in [5.74, 6) is 0. The molecule has 2 aromatic rings. The summed E-state index contributed by atoms with van der Waals surface area (Å²) in [5, 5.41) is 3.09. The fourth-order valence-corrected chi connectivity index (χ4v) is 2.98. The van der Waals surface area contributed by atoms with E-state index < -0.39 is 0 Å². The van der Waals surface area contributed by atoms with Crippen molar-refractivity contribution in [3.63, 3.8) is 0 Å². The molecule has 2 heterocycles. The first-order valence-corrected chi connectivity index (χ1v) is 7.74. The van der Waals surface area contributed by atoms with E-state index in [2.05, 4.69) is 40.3 Å². The molecule has 22 heavy (non-hydrogen) atoms. The predicted molar refractivity (Wildman–Crippen MR) is 87.7 cm³/mol. The molecule has 1 aliphatic heterocycles. The Morgan fingerprint density at radius 1 is 1.09 bits per heavy atom. The first-order valence-electron chi connectivity index (χ1n) is 7.74. The van der Waals surface area contributed by atoms with Crippen LogP contribution in [0, 0.1) is 0 Å². The van der Waals surface area contributed by atoms with Crippen LogP contribution in [0.1, 0.15) is 38.1 Å². The summed E-state index contributed by atoms with van der Waals surface area (Å²) in [6, 6.07) is 14.3. The molecule has 0 unspecified atom stereocenters. The fraction of sp³-hybridized carbons (Fsp3) is 0.389. The molecule has 0 saturated carbocycles. The van der Waals surface area contributed by atoms with E-state index in [1.807, 2.05) is 43.9 Å². The Bertz CT molecular complexity index is 654. The second kappa shape index (κ2) is 5.52. The molecule has 3 rings (SSSR count). The Hall–Kier alpha value is -2.23. The van der Waals surface area contributed by atoms with Gasteiger partial charge in [-0.05, 0) is 38.5 Å². The van der Waals surface area contributed by atoms with Gasteiger partial charge in [0.25, 0.3) is 0 Å². The zero-order chi connectivity index (χ0) is 15.7. The van der Waals surface area contributed by atoms with E-state index in [0.29, 0.717) is 6.54 Å². The number of hydrogen-bond acceptors (Lipinski definition) is 1. The normalized spacial score (nSPS) is 18.0. The van der Waals surface area contributed by atoms with Crippen molar-refractivity contribution in [3.8, 4) is 0 Å². The number of carbonyl (C=O) groups is 1. The molecule has 2 amide bonds. The van der Waals surface area contributed by atoms with Gasteiger partial charge in [0.15, 0.2) is 0 Å². The van der Waals surface area contributed by atoms with E-state index in [-0.39, 0.29) is 17.6 Å². The maximum absolute atomic E-state index is 12.7. The molecule has 4 nitrogen and oxygen atoms in total. The largest absolute Gasteiger partial charge is 0.348 e. The SMILES string of the molecule is CC(C)(C)NC(=O)N1CCn2cccc2[C@@H]1c1ccccc1. The Morgan fingerprint density at radius 3 is 2.50 bits per heavy atom. The zero-order valence-electron chi connectivity index (χ0n) is 13.4. The van der Waals surface area contributed by atoms with Crippen LogP contribution in [0.5, 0.6) is 0 Å². The van der Waals surface area contributed by atoms with Crippen molar-refractivity contribution < 1.29 is 4.79 Å². The summed E-state index contributed by atoms with van der Waals surface area (Å²) in [5.41, 5.74) is 2.07. The smallest absolute Gasteiger partial charge is 0.318 e. The van der Waals surface area contributed by atoms with Gasteiger partial charge in [-0.15, -0.1) is 0 Å². The Labute approximate surface area is 131 Å². The summed E-state index contributed by atoms with van der Waals surface area (Å²) in [4.78, 5) is 14.7. The van der Waals surface area contributed by atoms with Crippen molar-refractivity contribution in [2.45, 2.75) is 38.9 Å². The molecule has 116 valence electrons. The third kappa shape index (κ3) is 2.86. The van der Waals surface area contributed by atoms with Crippen molar-refractivity contribution in [2.24, 2.45) is 0 Å². The second-order valence-corrected chi connectivity index (χ2v) is 6.81. The molecule has 0 spiro atoms. The highest BCUT2D eigenvalue weighted by Gasteiger charge is 2.33. The molecule has 1 atom stereocenters. The minimum Gasteiger partial charge on any atom is -0.348 e. The lowest BCUT2D eigenvalue weighted by Gasteiger charge is -2.38. The molecule has 1 aliphatic rings. The molecule has 4 heteroatoms. The lowest BCUT2D eigenvalue weighted by molar-refractivity contribution is 0.161. The number of fused-ring (bicyclic) bond motifs is 1. The lowest BCUT2D eigenvalue weighted by atomic mass is 10.00. The third-order valence-electron chi connectivity index (χ3n) is 3.90. The zero-order valence-corrected chi connectivity index (χ0v) is 13.4. The van der Waals surface area contributed by atoms with Gasteiger partial charge in [0.2, 0.25) is 0 Å². The molecule has 1 N–H and O–H groups in total. The molecule has 0 radical (unpaired) electrons. The van der Waals surface area contributed by atoms with Crippen LogP contribution in [0.4, 0.5) is 4.79 Å². The number of aromatic nitrogens is 1. The van der Waals surface area contributed by atoms with Gasteiger partial charge in [-0.3, -0.25) is 0 Å². The van der Waals surface area contributed by atoms with Gasteiger partial charge in [0.05, 0.1) is 6.04 Å². The fourth-order valence-electron chi connectivity index (χ4n) is 2.98. The summed E-state index contributed by atoms with van der Waals surface area (Å²) in [7, 11) is 0. The highest BCUT2D eigenvalue weighted by atomic mass is 16.2. The van der Waals surface area contributed by atoms with Gasteiger partial charge < -0.3 is 14.8 Å². The third-order valence-corrected chi connectivity index (χ3v) is 3.90. The molecular formula is C18H23N3O. The van der Waals surface area contributed by atoms with Crippen molar-refractivity contribution in [1.29, 1.82) is 0 Å². The van der Waals surface area contributed by atoms with E-state index in [9.17, 15) is 4.79 Å². The summed E-state index contributed by atoms with van der Waals surface area (Å²) < 4.78 is 2.23. The summed E-state index contributed by atoms with van der Waals surface area (Å²) in [6.45, 7) is 7.57. The van der Waals surface area contributed by atoms with E-state index >= 15 is 0 Å². The number of urea groups is 1. The number of carbonyl (C=O) groups excluding carboxylic acids is 1. The molecular weight excluding hydrogens is 274 g/mol. The average Bonchev–Trinajstić information content (AvgIpc) is 2.93. The van der Waals surface area contributed by atoms with Crippen LogP contribution in [0.15, 0.2) is 48.7 Å². The van der Waals surface area contributed by atoms with Crippen LogP contribution in [-0.2, 0) is 6.54 Å². The van der Waals surface area contributed by atoms with Crippen LogP contribution in [0.2, 0.25) is 0 Å². The number of rotatable bonds is 1. The maximum Gasteiger partial charge on any atom is 0.318 e. The maximum atomic E-state index is 12.7. The van der Waals surface area contributed by atoms with E-state index in [4.69, 9.17) is 0 Å². The quantitative estimate of drug-likeness (QED) is 0.860. The minimum atomic E-state index is -0.238. The summed E-state index contributed by atoms with van der Waals surface area (Å²) in [6.07, 6.45) is 2.09. The van der Waals surface area contributed by atoms with E-state index in [0.717, 1.165) is 12.1 Å². The van der Waals surface area contributed by atoms with Crippen LogP contribution < -0.4 is 5.32 Å². The standard InChI is InChI=1S/C18H23N3O/c1-18(2,3)19-17(22)21-13-12-20-11-7-10-15(20)16(21)14-8-5-4-6-9-14/h4-11,16H,12-13H2,1-3H3,(H,19,22)/t16-/m0/s1. The molecule has 1 aromatic carbocycles. The predicted octanol–water partition coefficient (Wildman–Crippen LogP) is 3.40. The van der Waals surface area contributed by atoms with Gasteiger partial charge in [-0.2, -0.15) is 0 Å². The van der Waals surface area contributed by atoms with Crippen LogP contribution in [0.3, 0.4) is 0 Å². The summed E-state index contributed by atoms with van der Waals surface area (Å²) >= 11 is 0. The lowest BCUT2D eigenvalue weighted by Crippen LogP contribution is -2.52. The molecule has 0 saturated heterocycles. The van der Waals surface area contributed by atoms with Crippen molar-refractivity contribution in [1.82, 2.24) is 14.8 Å².